The van der Waals surface area contributed by atoms with Gasteiger partial charge in [0.15, 0.2) is 0 Å². The topological polar surface area (TPSA) is 64.3 Å². The van der Waals surface area contributed by atoms with Gasteiger partial charge in [-0.2, -0.15) is 0 Å². The third kappa shape index (κ3) is 3.55. The van der Waals surface area contributed by atoms with E-state index in [0.29, 0.717) is 10.7 Å². The van der Waals surface area contributed by atoms with Crippen molar-refractivity contribution in [2.75, 3.05) is 5.32 Å². The normalized spacial score (nSPS) is 17.0. The number of carbonyl (C=O) groups is 1. The summed E-state index contributed by atoms with van der Waals surface area (Å²) in [5, 5.41) is 3.44. The summed E-state index contributed by atoms with van der Waals surface area (Å²) in [5.74, 6) is 0. The average molecular weight is 325 g/mol. The molecule has 2 rings (SSSR count). The molecule has 1 amide bonds. The van der Waals surface area contributed by atoms with Gasteiger partial charge in [-0.1, -0.05) is 11.6 Å². The fourth-order valence-electron chi connectivity index (χ4n) is 2.78. The number of nitrogens with two attached hydrogens (primary N) is 1. The lowest BCUT2D eigenvalue weighted by molar-refractivity contribution is 0.0636. The van der Waals surface area contributed by atoms with Gasteiger partial charge < -0.3 is 10.5 Å². The molecule has 0 atom stereocenters. The molecule has 0 unspecified atom stereocenters. The predicted octanol–water partition coefficient (Wildman–Crippen LogP) is 4.46. The Balaban J connectivity index is 2.24. The van der Waals surface area contributed by atoms with Crippen LogP contribution in [-0.4, -0.2) is 17.2 Å². The van der Waals surface area contributed by atoms with Crippen molar-refractivity contribution in [2.45, 2.75) is 64.0 Å². The number of hydrogen-bond donors (Lipinski definition) is 2. The van der Waals surface area contributed by atoms with Crippen LogP contribution < -0.4 is 11.1 Å². The van der Waals surface area contributed by atoms with Crippen LogP contribution in [0.4, 0.5) is 10.5 Å². The maximum Gasteiger partial charge on any atom is 0.412 e. The summed E-state index contributed by atoms with van der Waals surface area (Å²) in [5.41, 5.74) is 7.00. The highest BCUT2D eigenvalue weighted by molar-refractivity contribution is 6.31. The van der Waals surface area contributed by atoms with E-state index in [0.717, 1.165) is 18.4 Å². The Morgan fingerprint density at radius 3 is 2.32 bits per heavy atom. The molecular formula is C17H25ClN2O2. The van der Waals surface area contributed by atoms with Gasteiger partial charge in [-0.25, -0.2) is 4.79 Å². The Kier molecular flexibility index (Phi) is 4.22. The smallest absolute Gasteiger partial charge is 0.412 e. The highest BCUT2D eigenvalue weighted by atomic mass is 35.5. The highest BCUT2D eigenvalue weighted by Gasteiger charge is 2.54. The van der Waals surface area contributed by atoms with Gasteiger partial charge in [0, 0.05) is 21.7 Å². The van der Waals surface area contributed by atoms with E-state index >= 15 is 0 Å². The molecule has 1 aromatic rings. The van der Waals surface area contributed by atoms with Gasteiger partial charge in [-0.05, 0) is 71.2 Å². The summed E-state index contributed by atoms with van der Waals surface area (Å²) in [7, 11) is 0. The first-order chi connectivity index (χ1) is 9.95. The molecule has 0 bridgehead atoms. The molecule has 5 heteroatoms. The second kappa shape index (κ2) is 5.43. The number of nitrogens with one attached hydrogen (secondary N) is 1. The summed E-state index contributed by atoms with van der Waals surface area (Å²) in [6.07, 6.45) is 1.54. The second-order valence-corrected chi connectivity index (χ2v) is 8.03. The molecule has 1 aliphatic rings. The Hall–Kier alpha value is -1.26. The van der Waals surface area contributed by atoms with Crippen molar-refractivity contribution in [2.24, 2.45) is 5.73 Å². The minimum absolute atomic E-state index is 0.115. The Morgan fingerprint density at radius 1 is 1.27 bits per heavy atom. The van der Waals surface area contributed by atoms with Crippen molar-refractivity contribution < 1.29 is 9.53 Å². The van der Waals surface area contributed by atoms with Gasteiger partial charge in [0.05, 0.1) is 0 Å². The highest BCUT2D eigenvalue weighted by Crippen LogP contribution is 2.56. The molecule has 122 valence electrons. The first-order valence-electron chi connectivity index (χ1n) is 7.54. The predicted molar refractivity (Wildman–Crippen MR) is 90.5 cm³/mol. The minimum atomic E-state index is -0.531. The molecule has 4 nitrogen and oxygen atoms in total. The Morgan fingerprint density at radius 2 is 1.86 bits per heavy atom. The van der Waals surface area contributed by atoms with E-state index in [9.17, 15) is 4.79 Å². The number of carbonyl (C=O) groups excluding carboxylic acids is 1. The van der Waals surface area contributed by atoms with Gasteiger partial charge in [0.25, 0.3) is 0 Å². The number of amides is 1. The molecule has 1 saturated carbocycles. The van der Waals surface area contributed by atoms with Crippen LogP contribution in [0.15, 0.2) is 18.2 Å². The monoisotopic (exact) mass is 324 g/mol. The van der Waals surface area contributed by atoms with Crippen LogP contribution in [-0.2, 0) is 10.2 Å². The van der Waals surface area contributed by atoms with E-state index in [4.69, 9.17) is 22.1 Å². The number of anilines is 1. The maximum absolute atomic E-state index is 11.9. The van der Waals surface area contributed by atoms with E-state index in [1.54, 1.807) is 12.1 Å². The SMILES string of the molecule is CC(C)(C)OC(=O)Nc1ccc(Cl)c(C2(C(C)(C)N)CC2)c1. The third-order valence-corrected chi connectivity index (χ3v) is 4.44. The summed E-state index contributed by atoms with van der Waals surface area (Å²) in [6.45, 7) is 9.52. The fraction of sp³-hybridized carbons (Fsp3) is 0.588. The van der Waals surface area contributed by atoms with E-state index < -0.39 is 11.7 Å². The maximum atomic E-state index is 11.9. The first kappa shape index (κ1) is 17.1. The van der Waals surface area contributed by atoms with Gasteiger partial charge in [0.2, 0.25) is 0 Å². The average Bonchev–Trinajstić information content (AvgIpc) is 3.09. The molecule has 22 heavy (non-hydrogen) atoms. The molecule has 1 aromatic carbocycles. The lowest BCUT2D eigenvalue weighted by atomic mass is 9.79. The molecule has 1 fully saturated rings. The van der Waals surface area contributed by atoms with Crippen LogP contribution in [0, 0.1) is 0 Å². The Labute approximate surface area is 137 Å². The van der Waals surface area contributed by atoms with Crippen molar-refractivity contribution in [1.82, 2.24) is 0 Å². The van der Waals surface area contributed by atoms with Crippen molar-refractivity contribution in [3.63, 3.8) is 0 Å². The summed E-state index contributed by atoms with van der Waals surface area (Å²) >= 11 is 6.37. The standard InChI is InChI=1S/C17H25ClN2O2/c1-15(2,3)22-14(21)20-11-6-7-13(18)12(10-11)17(8-9-17)16(4,5)19/h6-7,10H,8-9,19H2,1-5H3,(H,20,21). The minimum Gasteiger partial charge on any atom is -0.444 e. The second-order valence-electron chi connectivity index (χ2n) is 7.63. The fourth-order valence-corrected chi connectivity index (χ4v) is 3.08. The van der Waals surface area contributed by atoms with Gasteiger partial charge in [-0.15, -0.1) is 0 Å². The largest absolute Gasteiger partial charge is 0.444 e. The molecule has 1 aliphatic carbocycles. The van der Waals surface area contributed by atoms with E-state index in [1.807, 2.05) is 40.7 Å². The number of hydrogen-bond acceptors (Lipinski definition) is 3. The summed E-state index contributed by atoms with van der Waals surface area (Å²) in [6, 6.07) is 5.48. The van der Waals surface area contributed by atoms with Crippen LogP contribution in [0.1, 0.15) is 53.0 Å². The summed E-state index contributed by atoms with van der Waals surface area (Å²) in [4.78, 5) is 11.9. The van der Waals surface area contributed by atoms with Gasteiger partial charge >= 0.3 is 6.09 Å². The van der Waals surface area contributed by atoms with Gasteiger partial charge in [-0.3, -0.25) is 5.32 Å². The van der Waals surface area contributed by atoms with E-state index in [-0.39, 0.29) is 11.0 Å². The first-order valence-corrected chi connectivity index (χ1v) is 7.91. The van der Waals surface area contributed by atoms with Crippen molar-refractivity contribution >= 4 is 23.4 Å². The molecule has 0 aromatic heterocycles. The zero-order chi connectivity index (χ0) is 16.8. The quantitative estimate of drug-likeness (QED) is 0.863. The molecule has 0 heterocycles. The molecule has 3 N–H and O–H groups in total. The van der Waals surface area contributed by atoms with E-state index in [2.05, 4.69) is 5.32 Å². The lowest BCUT2D eigenvalue weighted by Crippen LogP contribution is -2.45. The van der Waals surface area contributed by atoms with Crippen molar-refractivity contribution in [1.29, 1.82) is 0 Å². The van der Waals surface area contributed by atoms with Crippen LogP contribution in [0.3, 0.4) is 0 Å². The number of rotatable bonds is 3. The zero-order valence-corrected chi connectivity index (χ0v) is 14.7. The van der Waals surface area contributed by atoms with Crippen LogP contribution in [0.2, 0.25) is 5.02 Å². The number of ether oxygens (including phenoxy) is 1. The van der Waals surface area contributed by atoms with Crippen LogP contribution in [0.25, 0.3) is 0 Å². The summed E-state index contributed by atoms with van der Waals surface area (Å²) < 4.78 is 5.27. The lowest BCUT2D eigenvalue weighted by Gasteiger charge is -2.32. The molecule has 0 radical (unpaired) electrons. The molecule has 0 saturated heterocycles. The van der Waals surface area contributed by atoms with Crippen LogP contribution in [0.5, 0.6) is 0 Å². The van der Waals surface area contributed by atoms with Crippen molar-refractivity contribution in [3.8, 4) is 0 Å². The molecular weight excluding hydrogens is 300 g/mol. The van der Waals surface area contributed by atoms with Crippen LogP contribution >= 0.6 is 11.6 Å². The third-order valence-electron chi connectivity index (χ3n) is 4.11. The van der Waals surface area contributed by atoms with Crippen molar-refractivity contribution in [3.05, 3.63) is 28.8 Å². The molecule has 0 spiro atoms. The number of halogens is 1. The number of benzene rings is 1. The molecule has 0 aliphatic heterocycles. The van der Waals surface area contributed by atoms with E-state index in [1.165, 1.54) is 0 Å². The zero-order valence-electron chi connectivity index (χ0n) is 13.9. The van der Waals surface area contributed by atoms with Gasteiger partial charge in [0.1, 0.15) is 5.60 Å². The Bertz CT molecular complexity index is 581.